The summed E-state index contributed by atoms with van der Waals surface area (Å²) in [5, 5.41) is 4.02. The maximum Gasteiger partial charge on any atom is 0.268 e. The predicted molar refractivity (Wildman–Crippen MR) is 66.8 cm³/mol. The van der Waals surface area contributed by atoms with Gasteiger partial charge in [-0.25, -0.2) is 0 Å². The van der Waals surface area contributed by atoms with Crippen molar-refractivity contribution in [2.24, 2.45) is 0 Å². The van der Waals surface area contributed by atoms with Gasteiger partial charge < -0.3 is 10.3 Å². The maximum atomic E-state index is 11.7. The molecule has 4 heteroatoms. The summed E-state index contributed by atoms with van der Waals surface area (Å²) in [6.45, 7) is 2.79. The van der Waals surface area contributed by atoms with Crippen LogP contribution in [0.4, 0.5) is 0 Å². The van der Waals surface area contributed by atoms with Gasteiger partial charge in [-0.15, -0.1) is 0 Å². The second-order valence-electron chi connectivity index (χ2n) is 4.13. The van der Waals surface area contributed by atoms with Crippen molar-refractivity contribution in [2.75, 3.05) is 6.54 Å². The minimum Gasteiger partial charge on any atom is -0.350 e. The summed E-state index contributed by atoms with van der Waals surface area (Å²) in [7, 11) is 0. The van der Waals surface area contributed by atoms with Crippen molar-refractivity contribution >= 4 is 32.7 Å². The highest BCUT2D eigenvalue weighted by molar-refractivity contribution is 9.10. The molecular weight excluding hydrogens is 268 g/mol. The molecule has 0 bridgehead atoms. The number of nitrogens with one attached hydrogen (secondary N) is 2. The summed E-state index contributed by atoms with van der Waals surface area (Å²) >= 11 is 3.50. The van der Waals surface area contributed by atoms with Crippen LogP contribution < -0.4 is 5.32 Å². The molecule has 3 nitrogen and oxygen atoms in total. The van der Waals surface area contributed by atoms with E-state index in [9.17, 15) is 4.79 Å². The minimum absolute atomic E-state index is 0.00576. The lowest BCUT2D eigenvalue weighted by Crippen LogP contribution is -2.31. The fraction of sp³-hybridized carbons (Fsp3) is 0.250. The molecule has 1 aromatic carbocycles. The maximum absolute atomic E-state index is 11.7. The first-order chi connectivity index (χ1) is 7.66. The van der Waals surface area contributed by atoms with Gasteiger partial charge in [0.05, 0.1) is 0 Å². The molecule has 0 fully saturated rings. The average Bonchev–Trinajstić information content (AvgIpc) is 2.59. The number of hydrogen-bond donors (Lipinski definition) is 2. The Morgan fingerprint density at radius 1 is 1.38 bits per heavy atom. The van der Waals surface area contributed by atoms with Crippen LogP contribution in [0.15, 0.2) is 16.6 Å². The zero-order valence-electron chi connectivity index (χ0n) is 8.86. The number of hydrogen-bond acceptors (Lipinski definition) is 1. The van der Waals surface area contributed by atoms with E-state index in [1.165, 1.54) is 10.9 Å². The van der Waals surface area contributed by atoms with Crippen LogP contribution in [0.3, 0.4) is 0 Å². The zero-order valence-corrected chi connectivity index (χ0v) is 10.4. The number of carbonyl (C=O) groups is 1. The summed E-state index contributed by atoms with van der Waals surface area (Å²) in [6, 6.07) is 4.17. The normalized spacial score (nSPS) is 15.0. The number of carbonyl (C=O) groups excluding carboxylic acids is 1. The van der Waals surface area contributed by atoms with Crippen LogP contribution >= 0.6 is 15.9 Å². The van der Waals surface area contributed by atoms with Gasteiger partial charge in [-0.1, -0.05) is 15.9 Å². The molecule has 82 valence electrons. The Labute approximate surface area is 101 Å². The Hall–Kier alpha value is -1.29. The second kappa shape index (κ2) is 3.35. The molecule has 3 rings (SSSR count). The van der Waals surface area contributed by atoms with Gasteiger partial charge in [-0.05, 0) is 36.6 Å². The van der Waals surface area contributed by atoms with Crippen molar-refractivity contribution < 1.29 is 4.79 Å². The van der Waals surface area contributed by atoms with Crippen molar-refractivity contribution in [3.05, 3.63) is 33.4 Å². The Kier molecular flexibility index (Phi) is 2.07. The van der Waals surface area contributed by atoms with E-state index in [2.05, 4.69) is 39.2 Å². The third-order valence-corrected chi connectivity index (χ3v) is 3.93. The number of halogens is 1. The van der Waals surface area contributed by atoms with E-state index in [0.29, 0.717) is 0 Å². The first kappa shape index (κ1) is 9.90. The zero-order chi connectivity index (χ0) is 11.3. The van der Waals surface area contributed by atoms with Gasteiger partial charge in [0.2, 0.25) is 0 Å². The lowest BCUT2D eigenvalue weighted by atomic mass is 10.0. The SMILES string of the molecule is Cc1cc2c3c([nH]c2cc1Br)C(=O)NCC3. The molecule has 0 unspecified atom stereocenters. The number of aromatic nitrogens is 1. The van der Waals surface area contributed by atoms with Crippen molar-refractivity contribution in [3.63, 3.8) is 0 Å². The minimum atomic E-state index is 0.00576. The number of rotatable bonds is 0. The molecule has 1 aliphatic rings. The molecular formula is C12H11BrN2O. The Morgan fingerprint density at radius 3 is 3.00 bits per heavy atom. The third-order valence-electron chi connectivity index (χ3n) is 3.07. The number of benzene rings is 1. The molecule has 0 saturated heterocycles. The topological polar surface area (TPSA) is 44.9 Å². The van der Waals surface area contributed by atoms with Crippen LogP contribution in [0.25, 0.3) is 10.9 Å². The van der Waals surface area contributed by atoms with Crippen molar-refractivity contribution in [1.29, 1.82) is 0 Å². The second-order valence-corrected chi connectivity index (χ2v) is 4.99. The van der Waals surface area contributed by atoms with Gasteiger partial charge >= 0.3 is 0 Å². The van der Waals surface area contributed by atoms with Crippen molar-refractivity contribution in [3.8, 4) is 0 Å². The molecule has 0 saturated carbocycles. The molecule has 1 amide bonds. The first-order valence-corrected chi connectivity index (χ1v) is 6.05. The largest absolute Gasteiger partial charge is 0.350 e. The van der Waals surface area contributed by atoms with Gasteiger partial charge in [0.25, 0.3) is 5.91 Å². The molecule has 0 aliphatic carbocycles. The number of H-pyrrole nitrogens is 1. The van der Waals surface area contributed by atoms with Crippen molar-refractivity contribution in [1.82, 2.24) is 10.3 Å². The molecule has 1 aliphatic heterocycles. The number of fused-ring (bicyclic) bond motifs is 3. The Morgan fingerprint density at radius 2 is 2.19 bits per heavy atom. The van der Waals surface area contributed by atoms with Crippen molar-refractivity contribution in [2.45, 2.75) is 13.3 Å². The lowest BCUT2D eigenvalue weighted by molar-refractivity contribution is 0.0942. The highest BCUT2D eigenvalue weighted by Crippen LogP contribution is 2.29. The molecule has 2 aromatic rings. The quantitative estimate of drug-likeness (QED) is 0.764. The monoisotopic (exact) mass is 278 g/mol. The number of amides is 1. The summed E-state index contributed by atoms with van der Waals surface area (Å²) in [6.07, 6.45) is 0.905. The van der Waals surface area contributed by atoms with Crippen LogP contribution in [0.2, 0.25) is 0 Å². The van der Waals surface area contributed by atoms with E-state index >= 15 is 0 Å². The van der Waals surface area contributed by atoms with Gasteiger partial charge in [0.15, 0.2) is 0 Å². The molecule has 1 aromatic heterocycles. The molecule has 0 atom stereocenters. The molecule has 0 radical (unpaired) electrons. The Balaban J connectivity index is 2.36. The van der Waals surface area contributed by atoms with Crippen LogP contribution in [0.1, 0.15) is 21.6 Å². The average molecular weight is 279 g/mol. The summed E-state index contributed by atoms with van der Waals surface area (Å²) in [5.41, 5.74) is 4.09. The highest BCUT2D eigenvalue weighted by atomic mass is 79.9. The fourth-order valence-corrected chi connectivity index (χ4v) is 2.57. The standard InChI is InChI=1S/C12H11BrN2O/c1-6-4-8-7-2-3-14-12(16)11(7)15-10(8)5-9(6)13/h4-5,15H,2-3H2,1H3,(H,14,16). The van der Waals surface area contributed by atoms with E-state index in [-0.39, 0.29) is 5.91 Å². The van der Waals surface area contributed by atoms with Crippen LogP contribution in [-0.4, -0.2) is 17.4 Å². The fourth-order valence-electron chi connectivity index (χ4n) is 2.22. The van der Waals surface area contributed by atoms with Gasteiger partial charge in [0, 0.05) is 21.9 Å². The van der Waals surface area contributed by atoms with Gasteiger partial charge in [-0.2, -0.15) is 0 Å². The summed E-state index contributed by atoms with van der Waals surface area (Å²) in [5.74, 6) is 0.00576. The number of aromatic amines is 1. The smallest absolute Gasteiger partial charge is 0.268 e. The van der Waals surface area contributed by atoms with E-state index in [1.807, 2.05) is 6.07 Å². The van der Waals surface area contributed by atoms with E-state index in [4.69, 9.17) is 0 Å². The molecule has 2 heterocycles. The van der Waals surface area contributed by atoms with E-state index in [0.717, 1.165) is 34.2 Å². The summed E-state index contributed by atoms with van der Waals surface area (Å²) < 4.78 is 1.07. The molecule has 16 heavy (non-hydrogen) atoms. The van der Waals surface area contributed by atoms with Crippen LogP contribution in [0.5, 0.6) is 0 Å². The van der Waals surface area contributed by atoms with E-state index < -0.39 is 0 Å². The first-order valence-electron chi connectivity index (χ1n) is 5.25. The predicted octanol–water partition coefficient (Wildman–Crippen LogP) is 2.52. The third kappa shape index (κ3) is 1.29. The highest BCUT2D eigenvalue weighted by Gasteiger charge is 2.21. The van der Waals surface area contributed by atoms with E-state index in [1.54, 1.807) is 0 Å². The molecule has 2 N–H and O–H groups in total. The summed E-state index contributed by atoms with van der Waals surface area (Å²) in [4.78, 5) is 14.9. The number of aryl methyl sites for hydroxylation is 1. The molecule has 0 spiro atoms. The lowest BCUT2D eigenvalue weighted by Gasteiger charge is -2.12. The van der Waals surface area contributed by atoms with Crippen LogP contribution in [-0.2, 0) is 6.42 Å². The van der Waals surface area contributed by atoms with Gasteiger partial charge in [0.1, 0.15) is 5.69 Å². The Bertz CT molecular complexity index is 601. The van der Waals surface area contributed by atoms with Gasteiger partial charge in [-0.3, -0.25) is 4.79 Å². The van der Waals surface area contributed by atoms with Crippen LogP contribution in [0, 0.1) is 6.92 Å².